The highest BCUT2D eigenvalue weighted by Gasteiger charge is 2.41. The van der Waals surface area contributed by atoms with Crippen LogP contribution in [0.1, 0.15) is 38.2 Å². The van der Waals surface area contributed by atoms with Gasteiger partial charge in [0, 0.05) is 37.0 Å². The summed E-state index contributed by atoms with van der Waals surface area (Å²) in [5, 5.41) is 2.36. The highest BCUT2D eigenvalue weighted by molar-refractivity contribution is 6.34. The number of imide groups is 1. The van der Waals surface area contributed by atoms with E-state index in [9.17, 15) is 31.9 Å². The van der Waals surface area contributed by atoms with Crippen molar-refractivity contribution in [1.29, 1.82) is 0 Å². The van der Waals surface area contributed by atoms with Gasteiger partial charge in [0.05, 0.1) is 16.3 Å². The highest BCUT2D eigenvalue weighted by Crippen LogP contribution is 2.39. The van der Waals surface area contributed by atoms with Crippen molar-refractivity contribution in [3.8, 4) is 18.1 Å². The van der Waals surface area contributed by atoms with Crippen molar-refractivity contribution in [2.75, 3.05) is 24.3 Å². The van der Waals surface area contributed by atoms with Gasteiger partial charge in [-0.25, -0.2) is 14.1 Å². The lowest BCUT2D eigenvalue weighted by atomic mass is 9.93. The third kappa shape index (κ3) is 6.93. The number of anilines is 2. The maximum Gasteiger partial charge on any atom is 0.416 e. The van der Waals surface area contributed by atoms with E-state index < -0.39 is 41.5 Å². The molecule has 1 N–H and O–H groups in total. The fourth-order valence-corrected chi connectivity index (χ4v) is 4.17. The van der Waals surface area contributed by atoms with Gasteiger partial charge in [-0.3, -0.25) is 9.59 Å². The van der Waals surface area contributed by atoms with Crippen LogP contribution in [0.3, 0.4) is 0 Å². The topological polar surface area (TPSA) is 79.0 Å². The van der Waals surface area contributed by atoms with Crippen molar-refractivity contribution in [2.45, 2.75) is 44.9 Å². The number of ether oxygens (including phenoxy) is 1. The second kappa shape index (κ2) is 12.4. The summed E-state index contributed by atoms with van der Waals surface area (Å²) in [6, 6.07) is 6.28. The molecule has 0 radical (unpaired) electrons. The van der Waals surface area contributed by atoms with Gasteiger partial charge < -0.3 is 15.0 Å². The molecule has 7 nitrogen and oxygen atoms in total. The van der Waals surface area contributed by atoms with Gasteiger partial charge in [-0.2, -0.15) is 13.2 Å². The molecule has 0 saturated heterocycles. The van der Waals surface area contributed by atoms with Gasteiger partial charge in [0.15, 0.2) is 6.10 Å². The van der Waals surface area contributed by atoms with E-state index in [1.54, 1.807) is 6.92 Å². The number of carbonyl (C=O) groups excluding carboxylic acids is 3. The number of carbonyl (C=O) groups is 3. The van der Waals surface area contributed by atoms with Gasteiger partial charge in [-0.1, -0.05) is 23.6 Å². The van der Waals surface area contributed by atoms with E-state index in [0.717, 1.165) is 35.9 Å². The molecule has 0 saturated carbocycles. The van der Waals surface area contributed by atoms with Crippen LogP contribution >= 0.6 is 11.6 Å². The predicted molar refractivity (Wildman–Crippen MR) is 142 cm³/mol. The Kier molecular flexibility index (Phi) is 9.48. The molecule has 1 aliphatic heterocycles. The summed E-state index contributed by atoms with van der Waals surface area (Å²) in [5.74, 6) is 0.807. The Bertz CT molecular complexity index is 1370. The minimum atomic E-state index is -4.40. The van der Waals surface area contributed by atoms with Gasteiger partial charge in [0.1, 0.15) is 11.6 Å². The van der Waals surface area contributed by atoms with Crippen LogP contribution in [0.5, 0.6) is 5.75 Å². The molecule has 0 bridgehead atoms. The minimum absolute atomic E-state index is 0.0233. The first kappa shape index (κ1) is 30.5. The number of benzene rings is 2. The van der Waals surface area contributed by atoms with Crippen LogP contribution in [0.4, 0.5) is 33.7 Å². The summed E-state index contributed by atoms with van der Waals surface area (Å²) in [7, 11) is 3.01. The average Bonchev–Trinajstić information content (AvgIpc) is 3.15. The Morgan fingerprint density at radius 1 is 1.12 bits per heavy atom. The van der Waals surface area contributed by atoms with Crippen molar-refractivity contribution < 1.29 is 36.7 Å². The molecule has 1 atom stereocenters. The van der Waals surface area contributed by atoms with Crippen LogP contribution < -0.4 is 15.0 Å². The molecule has 2 aromatic carbocycles. The standard InChI is InChI=1S/C18H15ClFNO3.C10H11F3N2O/c1-3-10(2)24-16-9-15(14(20)8-13(16)19)21-17(22)11-6-4-5-7-12(11)18(21)23;1-15(2)9(16)14-8-5-3-4-7(6-8)10(11,12)13/h1,8-10H,4-7H2,2H3;3-6H,1-2H3,(H,14,16). The van der Waals surface area contributed by atoms with Gasteiger partial charge >= 0.3 is 12.2 Å². The predicted octanol–water partition coefficient (Wildman–Crippen LogP) is 6.42. The first-order valence-electron chi connectivity index (χ1n) is 12.1. The average molecular weight is 580 g/mol. The number of hydrogen-bond donors (Lipinski definition) is 1. The summed E-state index contributed by atoms with van der Waals surface area (Å²) in [5.41, 5.74) is 0.140. The van der Waals surface area contributed by atoms with Crippen molar-refractivity contribution in [3.63, 3.8) is 0 Å². The highest BCUT2D eigenvalue weighted by atomic mass is 35.5. The van der Waals surface area contributed by atoms with Crippen molar-refractivity contribution in [1.82, 2.24) is 4.90 Å². The Labute approximate surface area is 233 Å². The smallest absolute Gasteiger partial charge is 0.416 e. The molecule has 1 aliphatic carbocycles. The largest absolute Gasteiger partial charge is 0.476 e. The summed E-state index contributed by atoms with van der Waals surface area (Å²) in [6.07, 6.45) is 3.07. The van der Waals surface area contributed by atoms with Crippen molar-refractivity contribution >= 4 is 40.8 Å². The zero-order valence-corrected chi connectivity index (χ0v) is 22.6. The van der Waals surface area contributed by atoms with Gasteiger partial charge in [-0.05, 0) is 56.9 Å². The second-order valence-corrected chi connectivity index (χ2v) is 9.58. The third-order valence-electron chi connectivity index (χ3n) is 6.02. The molecule has 1 heterocycles. The number of alkyl halides is 3. The van der Waals surface area contributed by atoms with Crippen molar-refractivity contribution in [3.05, 3.63) is 63.9 Å². The number of urea groups is 1. The molecule has 0 fully saturated rings. The lowest BCUT2D eigenvalue weighted by Gasteiger charge is -2.19. The number of rotatable bonds is 4. The molecular formula is C28H26ClF4N3O4. The molecule has 2 aliphatic rings. The molecule has 4 amide bonds. The van der Waals surface area contributed by atoms with Crippen LogP contribution in [0.15, 0.2) is 47.5 Å². The molecule has 1 unspecified atom stereocenters. The fraction of sp³-hybridized carbons (Fsp3) is 0.321. The number of halogens is 5. The summed E-state index contributed by atoms with van der Waals surface area (Å²) in [4.78, 5) is 38.4. The van der Waals surface area contributed by atoms with Crippen LogP contribution in [-0.2, 0) is 15.8 Å². The van der Waals surface area contributed by atoms with Crippen LogP contribution in [0.25, 0.3) is 0 Å². The van der Waals surface area contributed by atoms with E-state index in [2.05, 4.69) is 11.2 Å². The second-order valence-electron chi connectivity index (χ2n) is 9.17. The number of hydrogen-bond acceptors (Lipinski definition) is 4. The maximum atomic E-state index is 14.4. The minimum Gasteiger partial charge on any atom is -0.476 e. The molecule has 12 heteroatoms. The quantitative estimate of drug-likeness (QED) is 0.257. The summed E-state index contributed by atoms with van der Waals surface area (Å²) >= 11 is 5.97. The molecule has 4 rings (SSSR count). The zero-order valence-electron chi connectivity index (χ0n) is 21.9. The fourth-order valence-electron chi connectivity index (χ4n) is 3.97. The van der Waals surface area contributed by atoms with E-state index in [1.807, 2.05) is 0 Å². The molecule has 0 spiro atoms. The van der Waals surface area contributed by atoms with Gasteiger partial charge in [0.25, 0.3) is 11.8 Å². The molecule has 212 valence electrons. The zero-order chi connectivity index (χ0) is 29.8. The first-order chi connectivity index (χ1) is 18.7. The molecule has 2 aromatic rings. The van der Waals surface area contributed by atoms with Gasteiger partial charge in [-0.15, -0.1) is 6.42 Å². The van der Waals surface area contributed by atoms with E-state index in [-0.39, 0.29) is 22.1 Å². The Morgan fingerprint density at radius 2 is 1.73 bits per heavy atom. The number of amides is 4. The van der Waals surface area contributed by atoms with Gasteiger partial charge in [0.2, 0.25) is 0 Å². The molecule has 40 heavy (non-hydrogen) atoms. The Balaban J connectivity index is 0.000000241. The van der Waals surface area contributed by atoms with Crippen molar-refractivity contribution in [2.24, 2.45) is 0 Å². The Hall–Kier alpha value is -4.04. The Morgan fingerprint density at radius 3 is 2.25 bits per heavy atom. The van der Waals surface area contributed by atoms with E-state index in [0.29, 0.717) is 24.0 Å². The van der Waals surface area contributed by atoms with E-state index in [4.69, 9.17) is 22.8 Å². The SMILES string of the molecule is C#CC(C)Oc1cc(N2C(=O)C3=C(CCCC3)C2=O)c(F)cc1Cl.CN(C)C(=O)Nc1cccc(C(F)(F)F)c1. The maximum absolute atomic E-state index is 14.4. The first-order valence-corrected chi connectivity index (χ1v) is 12.5. The monoisotopic (exact) mass is 579 g/mol. The lowest BCUT2D eigenvalue weighted by molar-refractivity contribution is -0.137. The number of nitrogens with zero attached hydrogens (tertiary/aromatic N) is 2. The molecule has 0 aromatic heterocycles. The summed E-state index contributed by atoms with van der Waals surface area (Å²) < 4.78 is 56.8. The normalized spacial score (nSPS) is 15.5. The molecular weight excluding hydrogens is 554 g/mol. The third-order valence-corrected chi connectivity index (χ3v) is 6.31. The number of terminal acetylenes is 1. The van der Waals surface area contributed by atoms with E-state index >= 15 is 0 Å². The summed E-state index contributed by atoms with van der Waals surface area (Å²) in [6.45, 7) is 1.63. The number of nitrogens with one attached hydrogen (secondary N) is 1. The van der Waals surface area contributed by atoms with Crippen LogP contribution in [0, 0.1) is 18.2 Å². The van der Waals surface area contributed by atoms with Crippen LogP contribution in [0.2, 0.25) is 5.02 Å². The lowest BCUT2D eigenvalue weighted by Crippen LogP contribution is -2.32. The van der Waals surface area contributed by atoms with E-state index in [1.165, 1.54) is 37.2 Å². The van der Waals surface area contributed by atoms with Crippen LogP contribution in [-0.4, -0.2) is 42.9 Å².